The third-order valence-corrected chi connectivity index (χ3v) is 4.22. The Labute approximate surface area is 134 Å². The molecule has 1 atom stereocenters. The van der Waals surface area contributed by atoms with Crippen molar-refractivity contribution in [1.82, 2.24) is 20.2 Å². The molecule has 3 rings (SSSR count). The first kappa shape index (κ1) is 15.7. The Bertz CT molecular complexity index is 695. The lowest BCUT2D eigenvalue weighted by molar-refractivity contribution is -0.129. The van der Waals surface area contributed by atoms with Gasteiger partial charge in [0, 0.05) is 31.7 Å². The van der Waals surface area contributed by atoms with Crippen molar-refractivity contribution in [2.45, 2.75) is 32.9 Å². The maximum Gasteiger partial charge on any atom is 0.242 e. The summed E-state index contributed by atoms with van der Waals surface area (Å²) in [6.07, 6.45) is 0.850. The second-order valence-electron chi connectivity index (χ2n) is 5.82. The minimum Gasteiger partial charge on any atom is -0.353 e. The van der Waals surface area contributed by atoms with Crippen LogP contribution in [0.15, 0.2) is 24.3 Å². The highest BCUT2D eigenvalue weighted by Gasteiger charge is 2.31. The Balaban J connectivity index is 1.87. The van der Waals surface area contributed by atoms with Gasteiger partial charge in [0.25, 0.3) is 0 Å². The van der Waals surface area contributed by atoms with Gasteiger partial charge in [-0.05, 0) is 24.6 Å². The van der Waals surface area contributed by atoms with E-state index < -0.39 is 6.04 Å². The summed E-state index contributed by atoms with van der Waals surface area (Å²) in [5.74, 6) is 0.608. The lowest BCUT2D eigenvalue weighted by Gasteiger charge is -2.35. The predicted octanol–water partition coefficient (Wildman–Crippen LogP) is 2.09. The molecule has 0 radical (unpaired) electrons. The van der Waals surface area contributed by atoms with E-state index in [9.17, 15) is 9.18 Å². The summed E-state index contributed by atoms with van der Waals surface area (Å²) >= 11 is 0. The summed E-state index contributed by atoms with van der Waals surface area (Å²) in [5.41, 5.74) is 2.79. The van der Waals surface area contributed by atoms with E-state index in [4.69, 9.17) is 0 Å². The number of H-pyrrole nitrogens is 1. The van der Waals surface area contributed by atoms with E-state index in [1.807, 2.05) is 6.92 Å². The molecule has 1 aliphatic heterocycles. The van der Waals surface area contributed by atoms with Gasteiger partial charge in [-0.1, -0.05) is 19.1 Å². The van der Waals surface area contributed by atoms with Crippen LogP contribution in [0.25, 0.3) is 0 Å². The third kappa shape index (κ3) is 3.27. The maximum atomic E-state index is 13.2. The van der Waals surface area contributed by atoms with Gasteiger partial charge in [0.2, 0.25) is 5.91 Å². The quantitative estimate of drug-likeness (QED) is 0.908. The fraction of sp³-hybridized carbons (Fsp3) is 0.412. The van der Waals surface area contributed by atoms with Crippen molar-refractivity contribution in [3.05, 3.63) is 52.9 Å². The minimum absolute atomic E-state index is 0.0493. The second-order valence-corrected chi connectivity index (χ2v) is 5.82. The van der Waals surface area contributed by atoms with Gasteiger partial charge in [0.15, 0.2) is 0 Å². The predicted molar refractivity (Wildman–Crippen MR) is 85.3 cm³/mol. The van der Waals surface area contributed by atoms with Crippen LogP contribution in [-0.2, 0) is 17.8 Å². The Morgan fingerprint density at radius 1 is 1.35 bits per heavy atom. The summed E-state index contributed by atoms with van der Waals surface area (Å²) in [6, 6.07) is 5.72. The van der Waals surface area contributed by atoms with E-state index in [1.165, 1.54) is 12.1 Å². The van der Waals surface area contributed by atoms with Crippen molar-refractivity contribution in [2.75, 3.05) is 13.1 Å². The van der Waals surface area contributed by atoms with Crippen molar-refractivity contribution < 1.29 is 9.18 Å². The molecule has 1 aromatic heterocycles. The number of hydrogen-bond acceptors (Lipinski definition) is 3. The zero-order valence-corrected chi connectivity index (χ0v) is 13.4. The average molecular weight is 316 g/mol. The molecule has 2 N–H and O–H groups in total. The Morgan fingerprint density at radius 3 is 2.74 bits per heavy atom. The van der Waals surface area contributed by atoms with Crippen LogP contribution in [0.2, 0.25) is 0 Å². The van der Waals surface area contributed by atoms with Gasteiger partial charge in [-0.25, -0.2) is 9.37 Å². The van der Waals surface area contributed by atoms with E-state index in [1.54, 1.807) is 12.1 Å². The SMILES string of the molecule is CCc1nc(CN2CCNC(=O)C2c2ccc(F)cc2)c(C)[nH]1. The number of aromatic amines is 1. The number of benzene rings is 1. The van der Waals surface area contributed by atoms with Crippen LogP contribution >= 0.6 is 0 Å². The highest BCUT2D eigenvalue weighted by atomic mass is 19.1. The number of piperazine rings is 1. The number of amides is 1. The zero-order valence-electron chi connectivity index (χ0n) is 13.4. The van der Waals surface area contributed by atoms with Crippen molar-refractivity contribution in [3.8, 4) is 0 Å². The van der Waals surface area contributed by atoms with Crippen LogP contribution in [-0.4, -0.2) is 33.9 Å². The van der Waals surface area contributed by atoms with E-state index in [-0.39, 0.29) is 11.7 Å². The number of halogens is 1. The lowest BCUT2D eigenvalue weighted by atomic mass is 10.0. The molecule has 1 amide bonds. The number of rotatable bonds is 4. The molecular weight excluding hydrogens is 295 g/mol. The smallest absolute Gasteiger partial charge is 0.242 e. The van der Waals surface area contributed by atoms with Crippen molar-refractivity contribution in [3.63, 3.8) is 0 Å². The molecule has 1 aliphatic rings. The molecule has 1 saturated heterocycles. The molecule has 1 fully saturated rings. The highest BCUT2D eigenvalue weighted by molar-refractivity contribution is 5.83. The van der Waals surface area contributed by atoms with Crippen LogP contribution in [0.4, 0.5) is 4.39 Å². The average Bonchev–Trinajstić information content (AvgIpc) is 2.89. The van der Waals surface area contributed by atoms with Crippen LogP contribution in [0, 0.1) is 12.7 Å². The van der Waals surface area contributed by atoms with Gasteiger partial charge in [-0.3, -0.25) is 9.69 Å². The van der Waals surface area contributed by atoms with E-state index in [0.29, 0.717) is 13.1 Å². The first-order valence-electron chi connectivity index (χ1n) is 7.90. The van der Waals surface area contributed by atoms with Crippen molar-refractivity contribution >= 4 is 5.91 Å². The lowest BCUT2D eigenvalue weighted by Crippen LogP contribution is -2.49. The molecule has 1 aromatic carbocycles. The molecule has 0 bridgehead atoms. The summed E-state index contributed by atoms with van der Waals surface area (Å²) in [7, 11) is 0. The number of hydrogen-bond donors (Lipinski definition) is 2. The summed E-state index contributed by atoms with van der Waals surface area (Å²) in [5, 5.41) is 2.89. The van der Waals surface area contributed by atoms with Crippen LogP contribution < -0.4 is 5.32 Å². The van der Waals surface area contributed by atoms with Crippen LogP contribution in [0.5, 0.6) is 0 Å². The molecule has 2 aromatic rings. The zero-order chi connectivity index (χ0) is 16.4. The monoisotopic (exact) mass is 316 g/mol. The van der Waals surface area contributed by atoms with E-state index in [0.717, 1.165) is 35.7 Å². The van der Waals surface area contributed by atoms with Gasteiger partial charge in [0.05, 0.1) is 5.69 Å². The highest BCUT2D eigenvalue weighted by Crippen LogP contribution is 2.25. The first-order valence-corrected chi connectivity index (χ1v) is 7.90. The van der Waals surface area contributed by atoms with Gasteiger partial charge in [-0.15, -0.1) is 0 Å². The first-order chi connectivity index (χ1) is 11.1. The molecule has 0 aliphatic carbocycles. The Hall–Kier alpha value is -2.21. The largest absolute Gasteiger partial charge is 0.353 e. The number of nitrogens with zero attached hydrogens (tertiary/aromatic N) is 2. The number of nitrogens with one attached hydrogen (secondary N) is 2. The standard InChI is InChI=1S/C17H21FN4O/c1-3-15-20-11(2)14(21-15)10-22-9-8-19-17(23)16(22)12-4-6-13(18)7-5-12/h4-7,16H,3,8-10H2,1-2H3,(H,19,23)(H,20,21). The number of carbonyl (C=O) groups excluding carboxylic acids is 1. The maximum absolute atomic E-state index is 13.2. The number of carbonyl (C=O) groups is 1. The molecule has 0 saturated carbocycles. The summed E-state index contributed by atoms with van der Waals surface area (Å²) < 4.78 is 13.2. The van der Waals surface area contributed by atoms with E-state index >= 15 is 0 Å². The molecule has 5 nitrogen and oxygen atoms in total. The van der Waals surface area contributed by atoms with Crippen LogP contribution in [0.3, 0.4) is 0 Å². The van der Waals surface area contributed by atoms with Crippen LogP contribution in [0.1, 0.15) is 35.7 Å². The Kier molecular flexibility index (Phi) is 4.43. The topological polar surface area (TPSA) is 61.0 Å². The van der Waals surface area contributed by atoms with Gasteiger partial charge in [-0.2, -0.15) is 0 Å². The Morgan fingerprint density at radius 2 is 2.09 bits per heavy atom. The minimum atomic E-state index is -0.412. The van der Waals surface area contributed by atoms with Gasteiger partial charge >= 0.3 is 0 Å². The van der Waals surface area contributed by atoms with E-state index in [2.05, 4.69) is 27.1 Å². The molecule has 1 unspecified atom stereocenters. The second kappa shape index (κ2) is 6.50. The van der Waals surface area contributed by atoms with Crippen molar-refractivity contribution in [2.24, 2.45) is 0 Å². The number of imidazole rings is 1. The molecule has 6 heteroatoms. The van der Waals surface area contributed by atoms with Gasteiger partial charge < -0.3 is 10.3 Å². The number of aromatic nitrogens is 2. The van der Waals surface area contributed by atoms with Crippen molar-refractivity contribution in [1.29, 1.82) is 0 Å². The number of aryl methyl sites for hydroxylation is 2. The van der Waals surface area contributed by atoms with Gasteiger partial charge in [0.1, 0.15) is 17.7 Å². The molecule has 122 valence electrons. The molecule has 23 heavy (non-hydrogen) atoms. The fourth-order valence-corrected chi connectivity index (χ4v) is 2.97. The summed E-state index contributed by atoms with van der Waals surface area (Å²) in [6.45, 7) is 6.00. The third-order valence-electron chi connectivity index (χ3n) is 4.22. The normalized spacial score (nSPS) is 18.9. The fourth-order valence-electron chi connectivity index (χ4n) is 2.97. The summed E-state index contributed by atoms with van der Waals surface area (Å²) in [4.78, 5) is 22.3. The molecular formula is C17H21FN4O. The molecule has 2 heterocycles. The molecule has 0 spiro atoms.